The van der Waals surface area contributed by atoms with Crippen LogP contribution in [0.1, 0.15) is 18.1 Å². The largest absolute Gasteiger partial charge is 0.481 e. The molecule has 0 aliphatic heterocycles. The number of rotatable bonds is 5. The maximum atomic E-state index is 11.1. The van der Waals surface area contributed by atoms with E-state index in [1.54, 1.807) is 26.8 Å². The topological polar surface area (TPSA) is 78.7 Å². The van der Waals surface area contributed by atoms with Crippen molar-refractivity contribution in [2.45, 2.75) is 20.8 Å². The first-order chi connectivity index (χ1) is 8.45. The Labute approximate surface area is 105 Å². The number of nitro benzene ring substituents is 1. The minimum Gasteiger partial charge on any atom is -0.481 e. The van der Waals surface area contributed by atoms with Gasteiger partial charge >= 0.3 is 5.97 Å². The Morgan fingerprint density at radius 1 is 1.33 bits per heavy atom. The molecule has 0 unspecified atom stereocenters. The van der Waals surface area contributed by atoms with Crippen molar-refractivity contribution in [3.05, 3.63) is 33.4 Å². The highest BCUT2D eigenvalue weighted by molar-refractivity contribution is 5.71. The Hall–Kier alpha value is -2.11. The molecule has 6 heteroatoms. The van der Waals surface area contributed by atoms with Crippen LogP contribution in [0.3, 0.4) is 0 Å². The molecule has 0 atom stereocenters. The third-order valence-corrected chi connectivity index (χ3v) is 2.34. The summed E-state index contributed by atoms with van der Waals surface area (Å²) in [5.41, 5.74) is 1.27. The van der Waals surface area contributed by atoms with E-state index in [0.717, 1.165) is 5.56 Å². The Bertz CT molecular complexity index is 470. The van der Waals surface area contributed by atoms with Gasteiger partial charge in [0.25, 0.3) is 5.69 Å². The number of carbonyl (C=O) groups is 1. The molecule has 0 amide bonds. The van der Waals surface area contributed by atoms with Crippen LogP contribution in [0.4, 0.5) is 5.69 Å². The molecule has 1 aromatic rings. The highest BCUT2D eigenvalue weighted by Gasteiger charge is 2.15. The summed E-state index contributed by atoms with van der Waals surface area (Å²) in [5.74, 6) is -0.180. The van der Waals surface area contributed by atoms with Crippen LogP contribution in [0.25, 0.3) is 0 Å². The summed E-state index contributed by atoms with van der Waals surface area (Å²) in [7, 11) is 0. The van der Waals surface area contributed by atoms with E-state index in [2.05, 4.69) is 0 Å². The van der Waals surface area contributed by atoms with Crippen LogP contribution in [-0.2, 0) is 9.53 Å². The quantitative estimate of drug-likeness (QED) is 0.456. The molecule has 0 aromatic heterocycles. The van der Waals surface area contributed by atoms with Gasteiger partial charge in [0.15, 0.2) is 6.61 Å². The third kappa shape index (κ3) is 3.44. The molecule has 18 heavy (non-hydrogen) atoms. The van der Waals surface area contributed by atoms with Gasteiger partial charge < -0.3 is 9.47 Å². The Morgan fingerprint density at radius 2 is 2.00 bits per heavy atom. The summed E-state index contributed by atoms with van der Waals surface area (Å²) in [6.45, 7) is 5.13. The van der Waals surface area contributed by atoms with Crippen molar-refractivity contribution < 1.29 is 19.2 Å². The number of nitro groups is 1. The minimum absolute atomic E-state index is 0.0283. The Kier molecular flexibility index (Phi) is 4.65. The van der Waals surface area contributed by atoms with E-state index in [-0.39, 0.29) is 18.9 Å². The van der Waals surface area contributed by atoms with Gasteiger partial charge in [0.2, 0.25) is 0 Å². The molecule has 0 saturated heterocycles. The molecule has 0 aliphatic carbocycles. The average Bonchev–Trinajstić information content (AvgIpc) is 2.27. The number of nitrogens with zero attached hydrogens (tertiary/aromatic N) is 1. The molecule has 0 N–H and O–H groups in total. The first-order valence-corrected chi connectivity index (χ1v) is 5.49. The molecule has 0 aliphatic rings. The zero-order valence-corrected chi connectivity index (χ0v) is 10.6. The van der Waals surface area contributed by atoms with Crippen molar-refractivity contribution in [1.82, 2.24) is 0 Å². The van der Waals surface area contributed by atoms with Crippen LogP contribution < -0.4 is 4.74 Å². The van der Waals surface area contributed by atoms with E-state index in [1.165, 1.54) is 6.07 Å². The molecular weight excluding hydrogens is 238 g/mol. The average molecular weight is 253 g/mol. The summed E-state index contributed by atoms with van der Waals surface area (Å²) in [6.07, 6.45) is 0. The van der Waals surface area contributed by atoms with Crippen LogP contribution in [0.2, 0.25) is 0 Å². The van der Waals surface area contributed by atoms with E-state index < -0.39 is 10.9 Å². The van der Waals surface area contributed by atoms with Crippen molar-refractivity contribution in [3.8, 4) is 5.75 Å². The first kappa shape index (κ1) is 14.0. The lowest BCUT2D eigenvalue weighted by atomic mass is 10.1. The van der Waals surface area contributed by atoms with Gasteiger partial charge in [-0.05, 0) is 32.4 Å². The second-order valence-electron chi connectivity index (χ2n) is 3.75. The van der Waals surface area contributed by atoms with Crippen molar-refractivity contribution in [3.63, 3.8) is 0 Å². The molecule has 0 saturated carbocycles. The fraction of sp³-hybridized carbons (Fsp3) is 0.417. The lowest BCUT2D eigenvalue weighted by Crippen LogP contribution is -2.15. The standard InChI is InChI=1S/C12H15NO5/c1-4-17-12(14)7-18-11-6-10(13(15)16)8(2)5-9(11)3/h5-6H,4,7H2,1-3H3. The molecule has 0 heterocycles. The highest BCUT2D eigenvalue weighted by Crippen LogP contribution is 2.27. The first-order valence-electron chi connectivity index (χ1n) is 5.49. The predicted molar refractivity (Wildman–Crippen MR) is 64.7 cm³/mol. The molecule has 6 nitrogen and oxygen atoms in total. The number of benzene rings is 1. The van der Waals surface area contributed by atoms with Gasteiger partial charge in [-0.2, -0.15) is 0 Å². The second-order valence-corrected chi connectivity index (χ2v) is 3.75. The van der Waals surface area contributed by atoms with Gasteiger partial charge in [0.05, 0.1) is 17.6 Å². The molecule has 1 aromatic carbocycles. The molecule has 1 rings (SSSR count). The summed E-state index contributed by atoms with van der Waals surface area (Å²) in [4.78, 5) is 21.4. The van der Waals surface area contributed by atoms with Gasteiger partial charge in [-0.3, -0.25) is 10.1 Å². The smallest absolute Gasteiger partial charge is 0.344 e. The van der Waals surface area contributed by atoms with Gasteiger partial charge in [-0.15, -0.1) is 0 Å². The van der Waals surface area contributed by atoms with Gasteiger partial charge in [-0.25, -0.2) is 4.79 Å². The van der Waals surface area contributed by atoms with E-state index in [1.807, 2.05) is 0 Å². The molecule has 0 spiro atoms. The van der Waals surface area contributed by atoms with Crippen molar-refractivity contribution >= 4 is 11.7 Å². The normalized spacial score (nSPS) is 9.94. The van der Waals surface area contributed by atoms with E-state index in [9.17, 15) is 14.9 Å². The van der Waals surface area contributed by atoms with Crippen LogP contribution >= 0.6 is 0 Å². The van der Waals surface area contributed by atoms with Crippen molar-refractivity contribution in [2.75, 3.05) is 13.2 Å². The van der Waals surface area contributed by atoms with Crippen LogP contribution in [0.5, 0.6) is 5.75 Å². The maximum Gasteiger partial charge on any atom is 0.344 e. The summed E-state index contributed by atoms with van der Waals surface area (Å²) in [5, 5.41) is 10.8. The number of esters is 1. The number of carbonyl (C=O) groups excluding carboxylic acids is 1. The van der Waals surface area contributed by atoms with Crippen LogP contribution in [0, 0.1) is 24.0 Å². The SMILES string of the molecule is CCOC(=O)COc1cc([N+](=O)[O-])c(C)cc1C. The Morgan fingerprint density at radius 3 is 2.56 bits per heavy atom. The van der Waals surface area contributed by atoms with Gasteiger partial charge in [0.1, 0.15) is 5.75 Å². The zero-order chi connectivity index (χ0) is 13.7. The van der Waals surface area contributed by atoms with Gasteiger partial charge in [0, 0.05) is 5.56 Å². The number of hydrogen-bond acceptors (Lipinski definition) is 5. The fourth-order valence-corrected chi connectivity index (χ4v) is 1.51. The molecule has 0 bridgehead atoms. The molecular formula is C12H15NO5. The van der Waals surface area contributed by atoms with Crippen molar-refractivity contribution in [2.24, 2.45) is 0 Å². The fourth-order valence-electron chi connectivity index (χ4n) is 1.51. The predicted octanol–water partition coefficient (Wildman–Crippen LogP) is 2.15. The molecule has 0 fully saturated rings. The number of hydrogen-bond donors (Lipinski definition) is 0. The van der Waals surface area contributed by atoms with Gasteiger partial charge in [-0.1, -0.05) is 0 Å². The number of aryl methyl sites for hydroxylation is 2. The summed E-state index contributed by atoms with van der Waals surface area (Å²) >= 11 is 0. The maximum absolute atomic E-state index is 11.1. The monoisotopic (exact) mass is 253 g/mol. The highest BCUT2D eigenvalue weighted by atomic mass is 16.6. The molecule has 0 radical (unpaired) electrons. The van der Waals surface area contributed by atoms with E-state index in [4.69, 9.17) is 9.47 Å². The lowest BCUT2D eigenvalue weighted by Gasteiger charge is -2.09. The Balaban J connectivity index is 2.86. The van der Waals surface area contributed by atoms with Crippen LogP contribution in [0.15, 0.2) is 12.1 Å². The summed E-state index contributed by atoms with van der Waals surface area (Å²) in [6, 6.07) is 2.97. The lowest BCUT2D eigenvalue weighted by molar-refractivity contribution is -0.385. The minimum atomic E-state index is -0.500. The molecule has 98 valence electrons. The zero-order valence-electron chi connectivity index (χ0n) is 10.6. The van der Waals surface area contributed by atoms with E-state index in [0.29, 0.717) is 11.3 Å². The third-order valence-electron chi connectivity index (χ3n) is 2.34. The van der Waals surface area contributed by atoms with Crippen molar-refractivity contribution in [1.29, 1.82) is 0 Å². The summed E-state index contributed by atoms with van der Waals surface area (Å²) < 4.78 is 9.93. The number of ether oxygens (including phenoxy) is 2. The second kappa shape index (κ2) is 6.00. The van der Waals surface area contributed by atoms with Crippen LogP contribution in [-0.4, -0.2) is 24.1 Å². The van der Waals surface area contributed by atoms with E-state index >= 15 is 0 Å².